The summed E-state index contributed by atoms with van der Waals surface area (Å²) in [5.74, 6) is 0. The number of ether oxygens (including phenoxy) is 1. The van der Waals surface area contributed by atoms with Crippen LogP contribution in [-0.2, 0) is 4.74 Å². The largest absolute Gasteiger partial charge is 0.493 e. The van der Waals surface area contributed by atoms with Crippen molar-refractivity contribution in [3.8, 4) is 0 Å². The van der Waals surface area contributed by atoms with Gasteiger partial charge in [0.15, 0.2) is 6.29 Å². The lowest BCUT2D eigenvalue weighted by Crippen LogP contribution is -2.23. The summed E-state index contributed by atoms with van der Waals surface area (Å²) in [4.78, 5) is 0. The van der Waals surface area contributed by atoms with Gasteiger partial charge in [-0.25, -0.2) is 0 Å². The van der Waals surface area contributed by atoms with Crippen molar-refractivity contribution in [3.63, 3.8) is 0 Å². The van der Waals surface area contributed by atoms with Crippen LogP contribution in [0.4, 0.5) is 0 Å². The lowest BCUT2D eigenvalue weighted by Gasteiger charge is -2.11. The van der Waals surface area contributed by atoms with Crippen molar-refractivity contribution in [2.24, 2.45) is 0 Å². The van der Waals surface area contributed by atoms with Gasteiger partial charge in [-0.2, -0.15) is 0 Å². The van der Waals surface area contributed by atoms with Gasteiger partial charge in [0.1, 0.15) is 6.10 Å². The molecule has 0 aliphatic carbocycles. The summed E-state index contributed by atoms with van der Waals surface area (Å²) in [5.41, 5.74) is 0. The van der Waals surface area contributed by atoms with Gasteiger partial charge in [-0.05, 0) is 13.0 Å². The zero-order valence-electron chi connectivity index (χ0n) is 5.69. The van der Waals surface area contributed by atoms with Crippen molar-refractivity contribution in [1.82, 2.24) is 0 Å². The Balaban J connectivity index is 3.48. The van der Waals surface area contributed by atoms with Crippen LogP contribution < -0.4 is 0 Å². The highest BCUT2D eigenvalue weighted by Crippen LogP contribution is 1.94. The molecule has 0 aromatic heterocycles. The highest BCUT2D eigenvalue weighted by molar-refractivity contribution is 5.66. The molecule has 0 fully saturated rings. The van der Waals surface area contributed by atoms with Crippen molar-refractivity contribution < 1.29 is 14.9 Å². The number of hydrogen-bond donors (Lipinski definition) is 3. The van der Waals surface area contributed by atoms with Crippen LogP contribution in [0.3, 0.4) is 0 Å². The topological polar surface area (TPSA) is 73.5 Å². The SMILES string of the molecule is CC(O/C=C\C=N)C(O)O. The molecule has 0 aliphatic rings. The van der Waals surface area contributed by atoms with E-state index in [1.165, 1.54) is 19.3 Å². The van der Waals surface area contributed by atoms with Gasteiger partial charge in [0, 0.05) is 6.21 Å². The molecule has 4 heteroatoms. The van der Waals surface area contributed by atoms with Gasteiger partial charge in [0.25, 0.3) is 0 Å². The summed E-state index contributed by atoms with van der Waals surface area (Å²) in [6, 6.07) is 0. The van der Waals surface area contributed by atoms with E-state index in [0.29, 0.717) is 0 Å². The first-order valence-corrected chi connectivity index (χ1v) is 2.85. The Labute approximate surface area is 59.3 Å². The Kier molecular flexibility index (Phi) is 4.53. The van der Waals surface area contributed by atoms with E-state index in [1.807, 2.05) is 0 Å². The van der Waals surface area contributed by atoms with Crippen LogP contribution in [0.1, 0.15) is 6.92 Å². The van der Waals surface area contributed by atoms with E-state index in [1.54, 1.807) is 0 Å². The Hall–Kier alpha value is -0.870. The molecule has 0 saturated heterocycles. The van der Waals surface area contributed by atoms with Crippen LogP contribution in [0.2, 0.25) is 0 Å². The van der Waals surface area contributed by atoms with Crippen molar-refractivity contribution in [1.29, 1.82) is 5.41 Å². The first-order valence-electron chi connectivity index (χ1n) is 2.85. The quantitative estimate of drug-likeness (QED) is 0.293. The average Bonchev–Trinajstić information content (AvgIpc) is 1.88. The van der Waals surface area contributed by atoms with Gasteiger partial charge in [-0.3, -0.25) is 0 Å². The van der Waals surface area contributed by atoms with Crippen LogP contribution in [0, 0.1) is 5.41 Å². The Morgan fingerprint density at radius 2 is 2.10 bits per heavy atom. The average molecular weight is 145 g/mol. The molecular weight excluding hydrogens is 134 g/mol. The van der Waals surface area contributed by atoms with Gasteiger partial charge in [-0.1, -0.05) is 0 Å². The second-order valence-corrected chi connectivity index (χ2v) is 1.75. The molecule has 0 amide bonds. The van der Waals surface area contributed by atoms with Gasteiger partial charge in [-0.15, -0.1) is 0 Å². The Morgan fingerprint density at radius 3 is 2.50 bits per heavy atom. The highest BCUT2D eigenvalue weighted by atomic mass is 16.5. The molecule has 0 radical (unpaired) electrons. The van der Waals surface area contributed by atoms with E-state index in [4.69, 9.17) is 20.4 Å². The van der Waals surface area contributed by atoms with Gasteiger partial charge in [0.2, 0.25) is 0 Å². The second-order valence-electron chi connectivity index (χ2n) is 1.75. The van der Waals surface area contributed by atoms with Crippen LogP contribution in [-0.4, -0.2) is 28.8 Å². The van der Waals surface area contributed by atoms with Gasteiger partial charge in [0.05, 0.1) is 6.26 Å². The maximum atomic E-state index is 8.46. The fourth-order valence-electron chi connectivity index (χ4n) is 0.279. The minimum Gasteiger partial charge on any atom is -0.493 e. The minimum atomic E-state index is -1.48. The number of allylic oxidation sites excluding steroid dienone is 1. The monoisotopic (exact) mass is 145 g/mol. The van der Waals surface area contributed by atoms with E-state index in [0.717, 1.165) is 6.21 Å². The molecule has 10 heavy (non-hydrogen) atoms. The minimum absolute atomic E-state index is 0.656. The molecule has 0 aromatic rings. The summed E-state index contributed by atoms with van der Waals surface area (Å²) in [6.45, 7) is 1.51. The molecule has 0 aromatic carbocycles. The third-order valence-corrected chi connectivity index (χ3v) is 0.888. The van der Waals surface area contributed by atoms with Gasteiger partial charge < -0.3 is 20.4 Å². The molecule has 1 atom stereocenters. The van der Waals surface area contributed by atoms with Gasteiger partial charge >= 0.3 is 0 Å². The zero-order chi connectivity index (χ0) is 7.98. The van der Waals surface area contributed by atoms with Crippen LogP contribution in [0.15, 0.2) is 12.3 Å². The van der Waals surface area contributed by atoms with Crippen LogP contribution >= 0.6 is 0 Å². The predicted molar refractivity (Wildman–Crippen MR) is 36.7 cm³/mol. The molecule has 0 aliphatic heterocycles. The van der Waals surface area contributed by atoms with Crippen LogP contribution in [0.5, 0.6) is 0 Å². The summed E-state index contributed by atoms with van der Waals surface area (Å²) in [5, 5.41) is 23.5. The van der Waals surface area contributed by atoms with Crippen molar-refractivity contribution in [3.05, 3.63) is 12.3 Å². The zero-order valence-corrected chi connectivity index (χ0v) is 5.69. The molecule has 4 nitrogen and oxygen atoms in total. The van der Waals surface area contributed by atoms with Crippen molar-refractivity contribution >= 4 is 6.21 Å². The number of nitrogens with one attached hydrogen (secondary N) is 1. The Morgan fingerprint density at radius 1 is 1.50 bits per heavy atom. The number of aliphatic hydroxyl groups excluding tert-OH is 1. The summed E-state index contributed by atoms with van der Waals surface area (Å²) < 4.78 is 4.71. The van der Waals surface area contributed by atoms with Crippen molar-refractivity contribution in [2.45, 2.75) is 19.3 Å². The highest BCUT2D eigenvalue weighted by Gasteiger charge is 2.08. The molecule has 58 valence electrons. The third-order valence-electron chi connectivity index (χ3n) is 0.888. The molecule has 0 bridgehead atoms. The molecule has 3 N–H and O–H groups in total. The standard InChI is InChI=1S/C6H11NO3/c1-5(6(8)9)10-4-2-3-7/h2-9H,1H3/b4-2-,7-3?. The summed E-state index contributed by atoms with van der Waals surface area (Å²) in [7, 11) is 0. The van der Waals surface area contributed by atoms with E-state index >= 15 is 0 Å². The molecule has 0 rings (SSSR count). The van der Waals surface area contributed by atoms with Crippen molar-refractivity contribution in [2.75, 3.05) is 0 Å². The number of hydrogen-bond acceptors (Lipinski definition) is 4. The maximum Gasteiger partial charge on any atom is 0.189 e. The fraction of sp³-hybridized carbons (Fsp3) is 0.500. The maximum absolute atomic E-state index is 8.46. The van der Waals surface area contributed by atoms with E-state index in [9.17, 15) is 0 Å². The van der Waals surface area contributed by atoms with E-state index in [2.05, 4.69) is 0 Å². The lowest BCUT2D eigenvalue weighted by molar-refractivity contribution is -0.117. The Bertz CT molecular complexity index is 122. The second kappa shape index (κ2) is 4.96. The van der Waals surface area contributed by atoms with E-state index < -0.39 is 12.4 Å². The fourth-order valence-corrected chi connectivity index (χ4v) is 0.279. The first-order chi connectivity index (χ1) is 4.68. The number of aliphatic hydroxyl groups is 2. The van der Waals surface area contributed by atoms with Crippen LogP contribution in [0.25, 0.3) is 0 Å². The summed E-state index contributed by atoms with van der Waals surface area (Å²) in [6.07, 6.45) is 1.48. The number of rotatable bonds is 4. The first kappa shape index (κ1) is 9.13. The lowest BCUT2D eigenvalue weighted by atomic mass is 10.4. The van der Waals surface area contributed by atoms with E-state index in [-0.39, 0.29) is 0 Å². The summed E-state index contributed by atoms with van der Waals surface area (Å²) >= 11 is 0. The predicted octanol–water partition coefficient (Wildman–Crippen LogP) is -0.135. The molecular formula is C6H11NO3. The normalized spacial score (nSPS) is 14.0. The molecule has 1 unspecified atom stereocenters. The smallest absolute Gasteiger partial charge is 0.189 e. The third kappa shape index (κ3) is 4.05. The molecule has 0 saturated carbocycles. The molecule has 0 spiro atoms. The molecule has 0 heterocycles.